The van der Waals surface area contributed by atoms with Crippen LogP contribution in [-0.2, 0) is 16.6 Å². The van der Waals surface area contributed by atoms with Gasteiger partial charge in [-0.3, -0.25) is 9.78 Å². The van der Waals surface area contributed by atoms with Crippen molar-refractivity contribution in [3.8, 4) is 11.3 Å². The number of sulfonamides is 1. The molecule has 4 aromatic rings. The third-order valence-electron chi connectivity index (χ3n) is 4.55. The Labute approximate surface area is 162 Å². The second-order valence-corrected chi connectivity index (χ2v) is 8.77. The van der Waals surface area contributed by atoms with Gasteiger partial charge in [-0.05, 0) is 32.0 Å². The van der Waals surface area contributed by atoms with Gasteiger partial charge < -0.3 is 5.73 Å². The van der Waals surface area contributed by atoms with Crippen molar-refractivity contribution in [2.45, 2.75) is 26.4 Å². The smallest absolute Gasteiger partial charge is 0.211 e. The summed E-state index contributed by atoms with van der Waals surface area (Å²) in [6, 6.07) is 7.43. The molecular formula is C18H21N7O2S. The minimum absolute atomic E-state index is 0.0399. The maximum atomic E-state index is 11.8. The summed E-state index contributed by atoms with van der Waals surface area (Å²) in [6.07, 6.45) is 3.57. The van der Waals surface area contributed by atoms with Gasteiger partial charge in [0.1, 0.15) is 11.3 Å². The zero-order chi connectivity index (χ0) is 19.9. The van der Waals surface area contributed by atoms with Gasteiger partial charge in [-0.1, -0.05) is 6.07 Å². The van der Waals surface area contributed by atoms with Crippen molar-refractivity contribution >= 4 is 37.6 Å². The standard InChI is InChI=1S/C18H21N7O2S/c1-3-28(26,27)24-11(2)9-25-10-14-17(23-25)13-5-4-12(15-6-7-20-22-15)8-16(13)21-18(14)19/h4-8,10-11,24H,3,9H2,1-2H3,(H2,19,21)(H,20,22)/t11-/m0/s1. The van der Waals surface area contributed by atoms with Crippen LogP contribution in [0.15, 0.2) is 36.7 Å². The Balaban J connectivity index is 1.72. The van der Waals surface area contributed by atoms with Gasteiger partial charge in [-0.2, -0.15) is 10.2 Å². The van der Waals surface area contributed by atoms with E-state index in [1.54, 1.807) is 30.9 Å². The molecule has 1 aromatic carbocycles. The average Bonchev–Trinajstić information content (AvgIpc) is 3.31. The fourth-order valence-electron chi connectivity index (χ4n) is 3.20. The number of pyridine rings is 1. The minimum Gasteiger partial charge on any atom is -0.383 e. The molecule has 0 radical (unpaired) electrons. The van der Waals surface area contributed by atoms with Gasteiger partial charge in [0.2, 0.25) is 10.0 Å². The van der Waals surface area contributed by atoms with Crippen molar-refractivity contribution in [3.05, 3.63) is 36.7 Å². The number of rotatable bonds is 6. The molecule has 0 unspecified atom stereocenters. The first kappa shape index (κ1) is 18.4. The molecule has 0 amide bonds. The van der Waals surface area contributed by atoms with Crippen LogP contribution >= 0.6 is 0 Å². The van der Waals surface area contributed by atoms with Crippen molar-refractivity contribution in [1.82, 2.24) is 29.7 Å². The molecule has 0 spiro atoms. The Morgan fingerprint density at radius 2 is 2.11 bits per heavy atom. The lowest BCUT2D eigenvalue weighted by molar-refractivity contribution is 0.497. The lowest BCUT2D eigenvalue weighted by atomic mass is 10.1. The Morgan fingerprint density at radius 1 is 1.29 bits per heavy atom. The Kier molecular flexibility index (Phi) is 4.52. The maximum Gasteiger partial charge on any atom is 0.211 e. The zero-order valence-electron chi connectivity index (χ0n) is 15.5. The van der Waals surface area contributed by atoms with Gasteiger partial charge >= 0.3 is 0 Å². The van der Waals surface area contributed by atoms with Gasteiger partial charge in [0.15, 0.2) is 0 Å². The highest BCUT2D eigenvalue weighted by Crippen LogP contribution is 2.29. The quantitative estimate of drug-likeness (QED) is 0.454. The molecule has 0 bridgehead atoms. The molecule has 0 aliphatic carbocycles. The van der Waals surface area contributed by atoms with Crippen LogP contribution in [0.1, 0.15) is 13.8 Å². The van der Waals surface area contributed by atoms with Crippen molar-refractivity contribution < 1.29 is 8.42 Å². The number of hydrogen-bond donors (Lipinski definition) is 3. The van der Waals surface area contributed by atoms with Crippen LogP contribution < -0.4 is 10.5 Å². The first-order valence-electron chi connectivity index (χ1n) is 8.93. The number of fused-ring (bicyclic) bond motifs is 3. The van der Waals surface area contributed by atoms with E-state index in [0.717, 1.165) is 33.1 Å². The van der Waals surface area contributed by atoms with E-state index in [9.17, 15) is 8.42 Å². The van der Waals surface area contributed by atoms with E-state index in [-0.39, 0.29) is 11.8 Å². The number of nitrogens with two attached hydrogens (primary N) is 1. The lowest BCUT2D eigenvalue weighted by Gasteiger charge is -2.13. The summed E-state index contributed by atoms with van der Waals surface area (Å²) in [4.78, 5) is 4.51. The van der Waals surface area contributed by atoms with Gasteiger partial charge in [-0.15, -0.1) is 0 Å². The minimum atomic E-state index is -3.27. The SMILES string of the molecule is CCS(=O)(=O)N[C@@H](C)Cn1cc2c(N)nc3cc(-c4cc[nH]n4)ccc3c2n1. The Hall–Kier alpha value is -2.98. The fraction of sp³-hybridized carbons (Fsp3) is 0.278. The summed E-state index contributed by atoms with van der Waals surface area (Å²) in [5.74, 6) is 0.424. The molecule has 0 saturated carbocycles. The number of nitrogen functional groups attached to an aromatic ring is 1. The highest BCUT2D eigenvalue weighted by atomic mass is 32.2. The molecule has 4 N–H and O–H groups in total. The first-order valence-corrected chi connectivity index (χ1v) is 10.6. The largest absolute Gasteiger partial charge is 0.383 e. The van der Waals surface area contributed by atoms with Crippen LogP contribution in [0.2, 0.25) is 0 Å². The molecule has 1 atom stereocenters. The lowest BCUT2D eigenvalue weighted by Crippen LogP contribution is -2.36. The topological polar surface area (TPSA) is 132 Å². The zero-order valence-corrected chi connectivity index (χ0v) is 16.4. The number of aromatic nitrogens is 5. The van der Waals surface area contributed by atoms with Crippen molar-refractivity contribution in [3.63, 3.8) is 0 Å². The summed E-state index contributed by atoms with van der Waals surface area (Å²) >= 11 is 0. The van der Waals surface area contributed by atoms with Crippen molar-refractivity contribution in [2.75, 3.05) is 11.5 Å². The molecule has 0 aliphatic heterocycles. The maximum absolute atomic E-state index is 11.8. The van der Waals surface area contributed by atoms with Crippen LogP contribution in [0.3, 0.4) is 0 Å². The first-order chi connectivity index (χ1) is 13.4. The fourth-order valence-corrected chi connectivity index (χ4v) is 4.06. The number of anilines is 1. The molecule has 4 rings (SSSR count). The molecule has 3 aromatic heterocycles. The third kappa shape index (κ3) is 3.43. The highest BCUT2D eigenvalue weighted by Gasteiger charge is 2.16. The van der Waals surface area contributed by atoms with E-state index < -0.39 is 10.0 Å². The van der Waals surface area contributed by atoms with E-state index in [2.05, 4.69) is 25.0 Å². The monoisotopic (exact) mass is 399 g/mol. The molecule has 0 fully saturated rings. The molecule has 0 aliphatic rings. The summed E-state index contributed by atoms with van der Waals surface area (Å²) in [5.41, 5.74) is 9.39. The van der Waals surface area contributed by atoms with Crippen molar-refractivity contribution in [2.24, 2.45) is 0 Å². The van der Waals surface area contributed by atoms with Gasteiger partial charge in [-0.25, -0.2) is 18.1 Å². The van der Waals surface area contributed by atoms with Gasteiger partial charge in [0.25, 0.3) is 0 Å². The number of aromatic amines is 1. The van der Waals surface area contributed by atoms with Crippen LogP contribution in [0, 0.1) is 0 Å². The van der Waals surface area contributed by atoms with Crippen molar-refractivity contribution in [1.29, 1.82) is 0 Å². The van der Waals surface area contributed by atoms with E-state index >= 15 is 0 Å². The number of hydrogen-bond acceptors (Lipinski definition) is 6. The summed E-state index contributed by atoms with van der Waals surface area (Å²) < 4.78 is 27.8. The van der Waals surface area contributed by atoms with Crippen LogP contribution in [0.5, 0.6) is 0 Å². The summed E-state index contributed by atoms with van der Waals surface area (Å²) in [6.45, 7) is 3.79. The Morgan fingerprint density at radius 3 is 2.82 bits per heavy atom. The molecule has 0 saturated heterocycles. The second-order valence-electron chi connectivity index (χ2n) is 6.72. The summed E-state index contributed by atoms with van der Waals surface area (Å²) in [5, 5.41) is 13.2. The Bertz CT molecular complexity index is 1250. The molecular weight excluding hydrogens is 378 g/mol. The molecule has 10 heteroatoms. The van der Waals surface area contributed by atoms with Crippen LogP contribution in [0.25, 0.3) is 33.1 Å². The van der Waals surface area contributed by atoms with Crippen LogP contribution in [-0.4, -0.2) is 45.2 Å². The molecule has 9 nitrogen and oxygen atoms in total. The normalized spacial score (nSPS) is 13.4. The predicted octanol–water partition coefficient (Wildman–Crippen LogP) is 1.88. The van der Waals surface area contributed by atoms with E-state index in [1.165, 1.54) is 0 Å². The molecule has 3 heterocycles. The van der Waals surface area contributed by atoms with E-state index in [1.807, 2.05) is 24.3 Å². The number of nitrogens with zero attached hydrogens (tertiary/aromatic N) is 4. The number of benzene rings is 1. The number of H-pyrrole nitrogens is 1. The molecule has 146 valence electrons. The number of nitrogens with one attached hydrogen (secondary N) is 2. The summed E-state index contributed by atoms with van der Waals surface area (Å²) in [7, 11) is -3.27. The average molecular weight is 399 g/mol. The van der Waals surface area contributed by atoms with Gasteiger partial charge in [0.05, 0.1) is 28.9 Å². The highest BCUT2D eigenvalue weighted by molar-refractivity contribution is 7.89. The second kappa shape index (κ2) is 6.88. The van der Waals surface area contributed by atoms with Gasteiger partial charge in [0, 0.05) is 29.4 Å². The predicted molar refractivity (Wildman–Crippen MR) is 109 cm³/mol. The van der Waals surface area contributed by atoms with E-state index in [4.69, 9.17) is 5.73 Å². The van der Waals surface area contributed by atoms with E-state index in [0.29, 0.717) is 12.4 Å². The molecule has 28 heavy (non-hydrogen) atoms. The third-order valence-corrected chi connectivity index (χ3v) is 6.07. The van der Waals surface area contributed by atoms with Crippen LogP contribution in [0.4, 0.5) is 5.82 Å².